The van der Waals surface area contributed by atoms with Crippen molar-refractivity contribution in [2.24, 2.45) is 5.92 Å². The Morgan fingerprint density at radius 2 is 2.27 bits per heavy atom. The summed E-state index contributed by atoms with van der Waals surface area (Å²) in [6.07, 6.45) is 4.94. The van der Waals surface area contributed by atoms with Gasteiger partial charge in [-0.1, -0.05) is 12.8 Å². The van der Waals surface area contributed by atoms with Crippen molar-refractivity contribution in [2.45, 2.75) is 31.7 Å². The maximum Gasteiger partial charge on any atom is 0.326 e. The number of nitrogens with one attached hydrogen (secondary N) is 1. The first-order chi connectivity index (χ1) is 7.24. The van der Waals surface area contributed by atoms with Crippen LogP contribution >= 0.6 is 11.8 Å². The largest absolute Gasteiger partial charge is 0.480 e. The van der Waals surface area contributed by atoms with E-state index in [1.54, 1.807) is 11.8 Å². The van der Waals surface area contributed by atoms with Gasteiger partial charge in [0, 0.05) is 0 Å². The normalized spacial score (nSPS) is 17.1. The smallest absolute Gasteiger partial charge is 0.326 e. The highest BCUT2D eigenvalue weighted by Gasteiger charge is 2.20. The third-order valence-electron chi connectivity index (χ3n) is 2.49. The Morgan fingerprint density at radius 1 is 1.53 bits per heavy atom. The van der Waals surface area contributed by atoms with Crippen molar-refractivity contribution in [2.75, 3.05) is 11.5 Å². The molecule has 0 saturated heterocycles. The van der Waals surface area contributed by atoms with Gasteiger partial charge < -0.3 is 10.4 Å². The summed E-state index contributed by atoms with van der Waals surface area (Å²) in [6.45, 7) is 0. The first-order valence-electron chi connectivity index (χ1n) is 5.24. The zero-order valence-corrected chi connectivity index (χ0v) is 9.46. The molecule has 0 radical (unpaired) electrons. The molecule has 1 amide bonds. The summed E-state index contributed by atoms with van der Waals surface area (Å²) in [5.74, 6) is 1.88. The van der Waals surface area contributed by atoms with Crippen LogP contribution in [0, 0.1) is 5.92 Å². The van der Waals surface area contributed by atoms with Crippen molar-refractivity contribution in [3.63, 3.8) is 0 Å². The van der Waals surface area contributed by atoms with Crippen molar-refractivity contribution in [1.29, 1.82) is 0 Å². The van der Waals surface area contributed by atoms with E-state index in [2.05, 4.69) is 5.32 Å². The first kappa shape index (κ1) is 12.4. The minimum atomic E-state index is -0.954. The summed E-state index contributed by atoms with van der Waals surface area (Å²) in [6, 6.07) is -0.726. The Kier molecular flexibility index (Phi) is 5.53. The average molecular weight is 231 g/mol. The number of thioether (sulfide) groups is 1. The molecule has 0 aromatic heterocycles. The van der Waals surface area contributed by atoms with Crippen LogP contribution in [0.4, 0.5) is 0 Å². The molecule has 1 unspecified atom stereocenters. The molecule has 0 aromatic carbocycles. The lowest BCUT2D eigenvalue weighted by Crippen LogP contribution is -2.36. The van der Waals surface area contributed by atoms with Crippen molar-refractivity contribution >= 4 is 24.1 Å². The quantitative estimate of drug-likeness (QED) is 0.461. The Morgan fingerprint density at radius 3 is 2.80 bits per heavy atom. The topological polar surface area (TPSA) is 66.4 Å². The molecule has 1 rings (SSSR count). The SMILES string of the molecule is O=CNC(CCSCCC1CC1)C(=O)O. The Bertz CT molecular complexity index is 219. The highest BCUT2D eigenvalue weighted by atomic mass is 32.2. The first-order valence-corrected chi connectivity index (χ1v) is 6.39. The van der Waals surface area contributed by atoms with Crippen LogP contribution in [0.25, 0.3) is 0 Å². The van der Waals surface area contributed by atoms with Crippen molar-refractivity contribution in [1.82, 2.24) is 5.32 Å². The van der Waals surface area contributed by atoms with E-state index in [-0.39, 0.29) is 0 Å². The van der Waals surface area contributed by atoms with Crippen LogP contribution in [0.5, 0.6) is 0 Å². The molecule has 1 fully saturated rings. The fourth-order valence-corrected chi connectivity index (χ4v) is 2.43. The lowest BCUT2D eigenvalue weighted by molar-refractivity contribution is -0.140. The van der Waals surface area contributed by atoms with E-state index in [4.69, 9.17) is 5.11 Å². The minimum Gasteiger partial charge on any atom is -0.480 e. The summed E-state index contributed by atoms with van der Waals surface area (Å²) in [4.78, 5) is 20.8. The number of hydrogen-bond donors (Lipinski definition) is 2. The number of aliphatic carboxylic acids is 1. The monoisotopic (exact) mass is 231 g/mol. The second-order valence-corrected chi connectivity index (χ2v) is 5.03. The summed E-state index contributed by atoms with van der Waals surface area (Å²) in [7, 11) is 0. The summed E-state index contributed by atoms with van der Waals surface area (Å²) >= 11 is 1.77. The maximum atomic E-state index is 10.6. The molecule has 86 valence electrons. The molecule has 0 heterocycles. The number of carbonyl (C=O) groups excluding carboxylic acids is 1. The van der Waals surface area contributed by atoms with Crippen molar-refractivity contribution < 1.29 is 14.7 Å². The van der Waals surface area contributed by atoms with Crippen LogP contribution in [-0.2, 0) is 9.59 Å². The molecule has 1 aliphatic carbocycles. The predicted octanol–water partition coefficient (Wildman–Crippen LogP) is 1.11. The number of carboxylic acids is 1. The van der Waals surface area contributed by atoms with Gasteiger partial charge >= 0.3 is 5.97 Å². The van der Waals surface area contributed by atoms with Crippen LogP contribution in [0.3, 0.4) is 0 Å². The van der Waals surface area contributed by atoms with Crippen LogP contribution in [0.2, 0.25) is 0 Å². The molecule has 1 aliphatic rings. The van der Waals surface area contributed by atoms with Gasteiger partial charge in [-0.3, -0.25) is 4.79 Å². The standard InChI is InChI=1S/C10H17NO3S/c12-7-11-9(10(13)14)4-6-15-5-3-8-1-2-8/h7-9H,1-6H2,(H,11,12)(H,13,14). The number of rotatable bonds is 9. The number of carbonyl (C=O) groups is 2. The van der Waals surface area contributed by atoms with Gasteiger partial charge in [0.15, 0.2) is 0 Å². The van der Waals surface area contributed by atoms with Crippen LogP contribution in [0.1, 0.15) is 25.7 Å². The molecule has 1 atom stereocenters. The van der Waals surface area contributed by atoms with E-state index in [0.29, 0.717) is 12.8 Å². The molecular formula is C10H17NO3S. The van der Waals surface area contributed by atoms with Gasteiger partial charge in [-0.15, -0.1) is 0 Å². The van der Waals surface area contributed by atoms with Gasteiger partial charge in [-0.2, -0.15) is 11.8 Å². The Labute approximate surface area is 93.8 Å². The average Bonchev–Trinajstić information content (AvgIpc) is 2.99. The van der Waals surface area contributed by atoms with Crippen molar-refractivity contribution in [3.8, 4) is 0 Å². The second-order valence-electron chi connectivity index (χ2n) is 3.81. The number of hydrogen-bond acceptors (Lipinski definition) is 3. The molecule has 15 heavy (non-hydrogen) atoms. The van der Waals surface area contributed by atoms with E-state index in [1.165, 1.54) is 19.3 Å². The lowest BCUT2D eigenvalue weighted by atomic mass is 10.2. The van der Waals surface area contributed by atoms with Crippen LogP contribution in [0.15, 0.2) is 0 Å². The van der Waals surface area contributed by atoms with Gasteiger partial charge in [0.25, 0.3) is 0 Å². The highest BCUT2D eigenvalue weighted by molar-refractivity contribution is 7.99. The second kappa shape index (κ2) is 6.71. The van der Waals surface area contributed by atoms with Crippen LogP contribution in [-0.4, -0.2) is 35.0 Å². The zero-order chi connectivity index (χ0) is 11.1. The molecule has 1 saturated carbocycles. The molecule has 0 bridgehead atoms. The van der Waals surface area contributed by atoms with Gasteiger partial charge in [0.1, 0.15) is 6.04 Å². The zero-order valence-electron chi connectivity index (χ0n) is 8.65. The predicted molar refractivity (Wildman–Crippen MR) is 59.9 cm³/mol. The third kappa shape index (κ3) is 5.67. The maximum absolute atomic E-state index is 10.6. The molecule has 0 spiro atoms. The third-order valence-corrected chi connectivity index (χ3v) is 3.53. The Hall–Kier alpha value is -0.710. The molecule has 0 aromatic rings. The van der Waals surface area contributed by atoms with Crippen molar-refractivity contribution in [3.05, 3.63) is 0 Å². The Balaban J connectivity index is 1.99. The van der Waals surface area contributed by atoms with E-state index < -0.39 is 12.0 Å². The molecular weight excluding hydrogens is 214 g/mol. The van der Waals surface area contributed by atoms with Gasteiger partial charge in [0.2, 0.25) is 6.41 Å². The molecule has 5 heteroatoms. The fraction of sp³-hybridized carbons (Fsp3) is 0.800. The fourth-order valence-electron chi connectivity index (χ4n) is 1.32. The number of amides is 1. The van der Waals surface area contributed by atoms with E-state index in [9.17, 15) is 9.59 Å². The van der Waals surface area contributed by atoms with Gasteiger partial charge in [-0.25, -0.2) is 4.79 Å². The highest BCUT2D eigenvalue weighted by Crippen LogP contribution is 2.33. The lowest BCUT2D eigenvalue weighted by Gasteiger charge is -2.10. The van der Waals surface area contributed by atoms with Gasteiger partial charge in [-0.05, 0) is 30.3 Å². The van der Waals surface area contributed by atoms with E-state index in [1.807, 2.05) is 0 Å². The van der Waals surface area contributed by atoms with Crippen LogP contribution < -0.4 is 5.32 Å². The minimum absolute atomic E-state index is 0.452. The van der Waals surface area contributed by atoms with E-state index >= 15 is 0 Å². The molecule has 2 N–H and O–H groups in total. The molecule has 4 nitrogen and oxygen atoms in total. The number of carboxylic acid groups (broad SMARTS) is 1. The van der Waals surface area contributed by atoms with Gasteiger partial charge in [0.05, 0.1) is 0 Å². The summed E-state index contributed by atoms with van der Waals surface area (Å²) in [5.41, 5.74) is 0. The molecule has 0 aliphatic heterocycles. The summed E-state index contributed by atoms with van der Waals surface area (Å²) in [5, 5.41) is 11.0. The summed E-state index contributed by atoms with van der Waals surface area (Å²) < 4.78 is 0. The van der Waals surface area contributed by atoms with E-state index in [0.717, 1.165) is 17.4 Å².